The number of nitrogens with zero attached hydrogens (tertiary/aromatic N) is 1. The average molecular weight is 278 g/mol. The Balaban J connectivity index is 2.31. The van der Waals surface area contributed by atoms with Crippen molar-refractivity contribution in [2.24, 2.45) is 0 Å². The van der Waals surface area contributed by atoms with Gasteiger partial charge >= 0.3 is 0 Å². The van der Waals surface area contributed by atoms with Crippen molar-refractivity contribution in [3.8, 4) is 11.5 Å². The van der Waals surface area contributed by atoms with Crippen LogP contribution in [0.3, 0.4) is 0 Å². The van der Waals surface area contributed by atoms with Crippen molar-refractivity contribution in [1.82, 2.24) is 10.2 Å². The van der Waals surface area contributed by atoms with Crippen LogP contribution in [0, 0.1) is 0 Å². The van der Waals surface area contributed by atoms with Gasteiger partial charge in [-0.25, -0.2) is 0 Å². The molecule has 0 saturated carbocycles. The van der Waals surface area contributed by atoms with Gasteiger partial charge in [0.15, 0.2) is 0 Å². The number of benzene rings is 1. The fourth-order valence-electron chi connectivity index (χ4n) is 2.61. The lowest BCUT2D eigenvalue weighted by Crippen LogP contribution is -2.43. The molecule has 1 atom stereocenters. The molecule has 1 unspecified atom stereocenters. The van der Waals surface area contributed by atoms with Gasteiger partial charge < -0.3 is 15.2 Å². The normalized spacial score (nSPS) is 20.1. The summed E-state index contributed by atoms with van der Waals surface area (Å²) in [6.07, 6.45) is 0.790. The minimum Gasteiger partial charge on any atom is -0.508 e. The number of fused-ring (bicyclic) bond motifs is 1. The van der Waals surface area contributed by atoms with Crippen molar-refractivity contribution in [2.45, 2.75) is 31.9 Å². The number of ether oxygens (including phenoxy) is 1. The number of hydrogen-bond donors (Lipinski definition) is 2. The number of likely N-dealkylation sites (N-methyl/N-ethyl adjacent to an activating group) is 2. The zero-order chi connectivity index (χ0) is 14.9. The zero-order valence-electron chi connectivity index (χ0n) is 12.4. The number of carbonyl (C=O) groups excluding carboxylic acids is 1. The smallest absolute Gasteiger partial charge is 0.233 e. The molecular formula is C15H22N2O3. The van der Waals surface area contributed by atoms with Crippen LogP contribution in [0.2, 0.25) is 0 Å². The zero-order valence-corrected chi connectivity index (χ0v) is 12.4. The van der Waals surface area contributed by atoms with Crippen molar-refractivity contribution in [3.05, 3.63) is 23.8 Å². The highest BCUT2D eigenvalue weighted by molar-refractivity contribution is 5.77. The summed E-state index contributed by atoms with van der Waals surface area (Å²) in [6, 6.07) is 5.25. The summed E-state index contributed by atoms with van der Waals surface area (Å²) in [6.45, 7) is 4.36. The van der Waals surface area contributed by atoms with E-state index in [1.165, 1.54) is 0 Å². The van der Waals surface area contributed by atoms with Crippen molar-refractivity contribution in [1.29, 1.82) is 0 Å². The second kappa shape index (κ2) is 5.32. The Morgan fingerprint density at radius 3 is 2.90 bits per heavy atom. The number of hydrogen-bond acceptors (Lipinski definition) is 4. The molecule has 5 heteroatoms. The molecule has 0 fully saturated rings. The van der Waals surface area contributed by atoms with Crippen LogP contribution in [0.15, 0.2) is 18.2 Å². The van der Waals surface area contributed by atoms with Crippen LogP contribution in [0.4, 0.5) is 0 Å². The number of phenols is 1. The van der Waals surface area contributed by atoms with Gasteiger partial charge in [0, 0.05) is 31.1 Å². The number of phenolic OH excluding ortho intramolecular Hbond substituents is 1. The van der Waals surface area contributed by atoms with Gasteiger partial charge in [-0.15, -0.1) is 0 Å². The first-order valence-electron chi connectivity index (χ1n) is 6.75. The molecule has 1 heterocycles. The van der Waals surface area contributed by atoms with Gasteiger partial charge in [-0.1, -0.05) is 6.07 Å². The molecule has 1 aliphatic heterocycles. The lowest BCUT2D eigenvalue weighted by atomic mass is 9.88. The molecule has 1 aromatic rings. The Morgan fingerprint density at radius 1 is 1.55 bits per heavy atom. The molecule has 0 saturated heterocycles. The van der Waals surface area contributed by atoms with Crippen molar-refractivity contribution < 1.29 is 14.6 Å². The molecule has 0 aliphatic carbocycles. The Hall–Kier alpha value is -1.75. The van der Waals surface area contributed by atoms with Crippen molar-refractivity contribution in [2.75, 3.05) is 20.6 Å². The minimum atomic E-state index is -0.331. The van der Waals surface area contributed by atoms with E-state index in [0.717, 1.165) is 12.0 Å². The first-order chi connectivity index (χ1) is 9.32. The molecule has 1 aliphatic rings. The number of nitrogens with one attached hydrogen (secondary N) is 1. The predicted octanol–water partition coefficient (Wildman–Crippen LogP) is 1.67. The number of carbonyl (C=O) groups is 1. The second-order valence-electron chi connectivity index (χ2n) is 5.89. The molecule has 1 amide bonds. The summed E-state index contributed by atoms with van der Waals surface area (Å²) in [5.41, 5.74) is 0.677. The van der Waals surface area contributed by atoms with Crippen LogP contribution in [0.1, 0.15) is 31.9 Å². The van der Waals surface area contributed by atoms with E-state index in [1.54, 1.807) is 19.2 Å². The van der Waals surface area contributed by atoms with E-state index >= 15 is 0 Å². The van der Waals surface area contributed by atoms with Crippen molar-refractivity contribution >= 4 is 5.91 Å². The van der Waals surface area contributed by atoms with Crippen molar-refractivity contribution in [3.63, 3.8) is 0 Å². The lowest BCUT2D eigenvalue weighted by molar-refractivity contribution is -0.122. The van der Waals surface area contributed by atoms with Gasteiger partial charge in [-0.3, -0.25) is 9.69 Å². The Morgan fingerprint density at radius 2 is 2.25 bits per heavy atom. The molecule has 5 nitrogen and oxygen atoms in total. The summed E-state index contributed by atoms with van der Waals surface area (Å²) in [5.74, 6) is 0.862. The Bertz CT molecular complexity index is 514. The van der Waals surface area contributed by atoms with Crippen LogP contribution in [0.25, 0.3) is 0 Å². The van der Waals surface area contributed by atoms with E-state index in [9.17, 15) is 9.90 Å². The van der Waals surface area contributed by atoms with Crippen LogP contribution in [-0.4, -0.2) is 42.2 Å². The molecule has 2 N–H and O–H groups in total. The number of rotatable bonds is 3. The maximum atomic E-state index is 11.6. The molecule has 0 aromatic heterocycles. The van der Waals surface area contributed by atoms with Gasteiger partial charge in [-0.05, 0) is 27.0 Å². The van der Waals surface area contributed by atoms with Gasteiger partial charge in [0.2, 0.25) is 5.91 Å². The predicted molar refractivity (Wildman–Crippen MR) is 76.9 cm³/mol. The monoisotopic (exact) mass is 278 g/mol. The third kappa shape index (κ3) is 3.04. The molecule has 2 rings (SSSR count). The standard InChI is InChI=1S/C15H22N2O3/c1-15(2)8-12(17(4)9-14(19)16-3)11-6-5-10(18)7-13(11)20-15/h5-7,12,18H,8-9H2,1-4H3,(H,16,19). The van der Waals surface area contributed by atoms with E-state index in [-0.39, 0.29) is 23.3 Å². The summed E-state index contributed by atoms with van der Waals surface area (Å²) in [4.78, 5) is 13.6. The summed E-state index contributed by atoms with van der Waals surface area (Å²) >= 11 is 0. The maximum Gasteiger partial charge on any atom is 0.233 e. The lowest BCUT2D eigenvalue weighted by Gasteiger charge is -2.41. The van der Waals surface area contributed by atoms with Crippen LogP contribution < -0.4 is 10.1 Å². The molecule has 0 spiro atoms. The Kier molecular flexibility index (Phi) is 3.90. The highest BCUT2D eigenvalue weighted by Gasteiger charge is 2.36. The molecule has 1 aromatic carbocycles. The van der Waals surface area contributed by atoms with Gasteiger partial charge in [-0.2, -0.15) is 0 Å². The van der Waals surface area contributed by atoms with Gasteiger partial charge in [0.05, 0.1) is 6.54 Å². The average Bonchev–Trinajstić information content (AvgIpc) is 2.35. The quantitative estimate of drug-likeness (QED) is 0.883. The molecule has 0 radical (unpaired) electrons. The Labute approximate surface area is 119 Å². The minimum absolute atomic E-state index is 0.0165. The van der Waals surface area contributed by atoms with Gasteiger partial charge in [0.25, 0.3) is 0 Å². The summed E-state index contributed by atoms with van der Waals surface area (Å²) in [7, 11) is 3.56. The SMILES string of the molecule is CNC(=O)CN(C)C1CC(C)(C)Oc2cc(O)ccc21. The van der Waals surface area contributed by atoms with Crippen LogP contribution in [0.5, 0.6) is 11.5 Å². The number of aromatic hydroxyl groups is 1. The van der Waals surface area contributed by atoms with Crippen LogP contribution >= 0.6 is 0 Å². The molecule has 0 bridgehead atoms. The van der Waals surface area contributed by atoms with E-state index in [2.05, 4.69) is 5.32 Å². The first kappa shape index (κ1) is 14.7. The highest BCUT2D eigenvalue weighted by Crippen LogP contribution is 2.43. The van der Waals surface area contributed by atoms with E-state index in [0.29, 0.717) is 12.3 Å². The van der Waals surface area contributed by atoms with E-state index in [4.69, 9.17) is 4.74 Å². The fraction of sp³-hybridized carbons (Fsp3) is 0.533. The largest absolute Gasteiger partial charge is 0.508 e. The van der Waals surface area contributed by atoms with Crippen LogP contribution in [-0.2, 0) is 4.79 Å². The third-order valence-electron chi connectivity index (χ3n) is 3.63. The first-order valence-corrected chi connectivity index (χ1v) is 6.75. The van der Waals surface area contributed by atoms with E-state index < -0.39 is 0 Å². The molecule has 110 valence electrons. The number of amides is 1. The third-order valence-corrected chi connectivity index (χ3v) is 3.63. The summed E-state index contributed by atoms with van der Waals surface area (Å²) < 4.78 is 5.92. The topological polar surface area (TPSA) is 61.8 Å². The molecular weight excluding hydrogens is 256 g/mol. The second-order valence-corrected chi connectivity index (χ2v) is 5.89. The van der Waals surface area contributed by atoms with Gasteiger partial charge in [0.1, 0.15) is 17.1 Å². The highest BCUT2D eigenvalue weighted by atomic mass is 16.5. The fourth-order valence-corrected chi connectivity index (χ4v) is 2.61. The maximum absolute atomic E-state index is 11.6. The summed E-state index contributed by atoms with van der Waals surface area (Å²) in [5, 5.41) is 12.2. The molecule has 20 heavy (non-hydrogen) atoms. The van der Waals surface area contributed by atoms with E-state index in [1.807, 2.05) is 31.9 Å².